The molecule has 2 aromatic carbocycles. The van der Waals surface area contributed by atoms with Gasteiger partial charge in [-0.2, -0.15) is 0 Å². The maximum Gasteiger partial charge on any atom is 0.238 e. The van der Waals surface area contributed by atoms with Crippen molar-refractivity contribution >= 4 is 33.2 Å². The van der Waals surface area contributed by atoms with Crippen LogP contribution in [0.4, 0.5) is 11.4 Å². The zero-order chi connectivity index (χ0) is 21.6. The molecule has 3 aromatic rings. The van der Waals surface area contributed by atoms with Gasteiger partial charge in [0.25, 0.3) is 0 Å². The number of nitrogens with zero attached hydrogens (tertiary/aromatic N) is 2. The Hall–Kier alpha value is -2.61. The number of nitrogens with one attached hydrogen (secondary N) is 1. The Bertz CT molecular complexity index is 996. The number of benzene rings is 2. The molecule has 4 rings (SSSR count). The summed E-state index contributed by atoms with van der Waals surface area (Å²) in [5.74, 6) is 1.59. The lowest BCUT2D eigenvalue weighted by atomic mass is 10.2. The van der Waals surface area contributed by atoms with Gasteiger partial charge < -0.3 is 19.4 Å². The molecule has 0 spiro atoms. The largest absolute Gasteiger partial charge is 0.460 e. The van der Waals surface area contributed by atoms with Crippen molar-refractivity contribution in [1.29, 1.82) is 0 Å². The van der Waals surface area contributed by atoms with Crippen LogP contribution >= 0.6 is 15.9 Å². The summed E-state index contributed by atoms with van der Waals surface area (Å²) in [5.41, 5.74) is 2.97. The van der Waals surface area contributed by atoms with Crippen molar-refractivity contribution in [2.45, 2.75) is 6.54 Å². The number of furan rings is 1. The van der Waals surface area contributed by atoms with Crippen molar-refractivity contribution in [3.8, 4) is 11.3 Å². The van der Waals surface area contributed by atoms with Crippen LogP contribution in [0.25, 0.3) is 11.3 Å². The predicted molar refractivity (Wildman–Crippen MR) is 126 cm³/mol. The molecule has 6 nitrogen and oxygen atoms in total. The number of hydrogen-bond donors (Lipinski definition) is 1. The monoisotopic (exact) mass is 483 g/mol. The van der Waals surface area contributed by atoms with Gasteiger partial charge in [-0.3, -0.25) is 9.69 Å². The van der Waals surface area contributed by atoms with E-state index < -0.39 is 0 Å². The van der Waals surface area contributed by atoms with Crippen molar-refractivity contribution in [1.82, 2.24) is 4.90 Å². The van der Waals surface area contributed by atoms with Crippen LogP contribution in [-0.4, -0.2) is 50.7 Å². The van der Waals surface area contributed by atoms with Crippen molar-refractivity contribution in [2.24, 2.45) is 0 Å². The first-order chi connectivity index (χ1) is 15.1. The Labute approximate surface area is 190 Å². The van der Waals surface area contributed by atoms with Crippen molar-refractivity contribution in [3.63, 3.8) is 0 Å². The van der Waals surface area contributed by atoms with Crippen LogP contribution in [0.5, 0.6) is 0 Å². The lowest BCUT2D eigenvalue weighted by Gasteiger charge is -2.28. The van der Waals surface area contributed by atoms with Crippen LogP contribution in [0.1, 0.15) is 5.76 Å². The lowest BCUT2D eigenvalue weighted by molar-refractivity contribution is -0.117. The predicted octanol–water partition coefficient (Wildman–Crippen LogP) is 4.62. The molecule has 1 aliphatic heterocycles. The van der Waals surface area contributed by atoms with E-state index in [0.717, 1.165) is 59.2 Å². The molecule has 1 aliphatic rings. The van der Waals surface area contributed by atoms with E-state index in [4.69, 9.17) is 9.15 Å². The van der Waals surface area contributed by atoms with E-state index in [-0.39, 0.29) is 12.5 Å². The summed E-state index contributed by atoms with van der Waals surface area (Å²) in [6.07, 6.45) is 0. The first kappa shape index (κ1) is 21.6. The third-order valence-corrected chi connectivity index (χ3v) is 5.69. The maximum absolute atomic E-state index is 12.4. The van der Waals surface area contributed by atoms with Crippen LogP contribution < -0.4 is 10.2 Å². The molecule has 162 valence electrons. The van der Waals surface area contributed by atoms with E-state index in [1.165, 1.54) is 0 Å². The first-order valence-corrected chi connectivity index (χ1v) is 11.1. The second-order valence-corrected chi connectivity index (χ2v) is 8.56. The summed E-state index contributed by atoms with van der Waals surface area (Å²) in [6.45, 7) is 4.13. The highest BCUT2D eigenvalue weighted by atomic mass is 79.9. The number of anilines is 2. The van der Waals surface area contributed by atoms with Crippen molar-refractivity contribution in [3.05, 3.63) is 70.9 Å². The molecule has 7 heteroatoms. The van der Waals surface area contributed by atoms with Gasteiger partial charge in [0.1, 0.15) is 11.5 Å². The normalized spacial score (nSPS) is 14.1. The molecule has 2 heterocycles. The highest BCUT2D eigenvalue weighted by molar-refractivity contribution is 9.10. The fourth-order valence-corrected chi connectivity index (χ4v) is 3.84. The summed E-state index contributed by atoms with van der Waals surface area (Å²) >= 11 is 3.44. The highest BCUT2D eigenvalue weighted by Crippen LogP contribution is 2.24. The minimum absolute atomic E-state index is 0.0543. The van der Waals surface area contributed by atoms with Gasteiger partial charge in [0, 0.05) is 34.5 Å². The maximum atomic E-state index is 12.4. The van der Waals surface area contributed by atoms with Crippen LogP contribution in [-0.2, 0) is 16.1 Å². The number of halogens is 1. The number of likely N-dealkylation sites (N-methyl/N-ethyl adjacent to an activating group) is 1. The van der Waals surface area contributed by atoms with Gasteiger partial charge in [0.15, 0.2) is 0 Å². The smallest absolute Gasteiger partial charge is 0.238 e. The van der Waals surface area contributed by atoms with Crippen molar-refractivity contribution < 1.29 is 13.9 Å². The van der Waals surface area contributed by atoms with Gasteiger partial charge >= 0.3 is 0 Å². The Morgan fingerprint density at radius 3 is 2.45 bits per heavy atom. The summed E-state index contributed by atoms with van der Waals surface area (Å²) in [7, 11) is 1.91. The van der Waals surface area contributed by atoms with E-state index >= 15 is 0 Å². The van der Waals surface area contributed by atoms with Gasteiger partial charge in [-0.15, -0.1) is 0 Å². The first-order valence-electron chi connectivity index (χ1n) is 10.3. The quantitative estimate of drug-likeness (QED) is 0.531. The third kappa shape index (κ3) is 5.97. The molecular weight excluding hydrogens is 458 g/mol. The second-order valence-electron chi connectivity index (χ2n) is 7.64. The fraction of sp³-hybridized carbons (Fsp3) is 0.292. The van der Waals surface area contributed by atoms with Crippen LogP contribution in [0, 0.1) is 0 Å². The minimum Gasteiger partial charge on any atom is -0.460 e. The number of morpholine rings is 1. The summed E-state index contributed by atoms with van der Waals surface area (Å²) in [4.78, 5) is 16.7. The average Bonchev–Trinajstić information content (AvgIpc) is 3.23. The molecule has 0 aliphatic carbocycles. The van der Waals surface area contributed by atoms with Crippen LogP contribution in [0.2, 0.25) is 0 Å². The van der Waals surface area contributed by atoms with Gasteiger partial charge in [-0.25, -0.2) is 0 Å². The molecule has 1 N–H and O–H groups in total. The van der Waals surface area contributed by atoms with E-state index in [9.17, 15) is 4.79 Å². The Morgan fingerprint density at radius 2 is 1.74 bits per heavy atom. The molecule has 31 heavy (non-hydrogen) atoms. The molecule has 1 fully saturated rings. The molecule has 0 saturated carbocycles. The van der Waals surface area contributed by atoms with Gasteiger partial charge in [-0.1, -0.05) is 28.1 Å². The van der Waals surface area contributed by atoms with Gasteiger partial charge in [0.2, 0.25) is 5.91 Å². The number of amides is 1. The van der Waals surface area contributed by atoms with E-state index in [2.05, 4.69) is 26.1 Å². The summed E-state index contributed by atoms with van der Waals surface area (Å²) in [5, 5.41) is 2.97. The van der Waals surface area contributed by atoms with E-state index in [1.807, 2.05) is 72.6 Å². The molecule has 0 bridgehead atoms. The zero-order valence-electron chi connectivity index (χ0n) is 17.5. The molecule has 1 saturated heterocycles. The molecular formula is C24H26BrN3O3. The fourth-order valence-electron chi connectivity index (χ4n) is 3.58. The molecule has 0 unspecified atom stereocenters. The number of ether oxygens (including phenoxy) is 1. The standard InChI is InChI=1S/C24H26BrN3O3/c1-27(16-22-10-11-23(31-22)18-2-4-19(25)5-3-18)17-24(29)26-20-6-8-21(9-7-20)28-12-14-30-15-13-28/h2-11H,12-17H2,1H3,(H,26,29). The molecule has 1 aromatic heterocycles. The van der Waals surface area contributed by atoms with Crippen molar-refractivity contribution in [2.75, 3.05) is 50.1 Å². The SMILES string of the molecule is CN(CC(=O)Nc1ccc(N2CCOCC2)cc1)Cc1ccc(-c2ccc(Br)cc2)o1. The van der Waals surface area contributed by atoms with E-state index in [0.29, 0.717) is 6.54 Å². The third-order valence-electron chi connectivity index (χ3n) is 5.16. The van der Waals surface area contributed by atoms with Crippen LogP contribution in [0.15, 0.2) is 69.6 Å². The summed E-state index contributed by atoms with van der Waals surface area (Å²) in [6, 6.07) is 19.9. The van der Waals surface area contributed by atoms with Crippen LogP contribution in [0.3, 0.4) is 0 Å². The molecule has 1 amide bonds. The average molecular weight is 484 g/mol. The second kappa shape index (κ2) is 10.1. The Kier molecular flexibility index (Phi) is 7.06. The number of rotatable bonds is 7. The summed E-state index contributed by atoms with van der Waals surface area (Å²) < 4.78 is 12.4. The van der Waals surface area contributed by atoms with Gasteiger partial charge in [-0.05, 0) is 55.6 Å². The topological polar surface area (TPSA) is 58.0 Å². The Balaban J connectivity index is 1.27. The zero-order valence-corrected chi connectivity index (χ0v) is 19.1. The molecule has 0 radical (unpaired) electrons. The molecule has 0 atom stereocenters. The number of carbonyl (C=O) groups is 1. The van der Waals surface area contributed by atoms with Gasteiger partial charge in [0.05, 0.1) is 26.3 Å². The minimum atomic E-state index is -0.0543. The lowest BCUT2D eigenvalue weighted by Crippen LogP contribution is -2.36. The Morgan fingerprint density at radius 1 is 1.03 bits per heavy atom. The number of carbonyl (C=O) groups excluding carboxylic acids is 1. The number of hydrogen-bond acceptors (Lipinski definition) is 5. The van der Waals surface area contributed by atoms with E-state index in [1.54, 1.807) is 0 Å². The highest BCUT2D eigenvalue weighted by Gasteiger charge is 2.13.